The lowest BCUT2D eigenvalue weighted by atomic mass is 9.73. The van der Waals surface area contributed by atoms with Crippen LogP contribution < -0.4 is 20.4 Å². The number of nitrogens with zero attached hydrogens (tertiary/aromatic N) is 9. The number of hydrogen-bond donors (Lipinski definition) is 2. The van der Waals surface area contributed by atoms with Crippen LogP contribution in [-0.2, 0) is 29.4 Å². The molecule has 4 aromatic rings. The Balaban J connectivity index is 0.730. The molecule has 7 fully saturated rings. The summed E-state index contributed by atoms with van der Waals surface area (Å²) in [5, 5.41) is 6.09. The van der Waals surface area contributed by atoms with Gasteiger partial charge in [0.1, 0.15) is 11.3 Å². The van der Waals surface area contributed by atoms with Crippen LogP contribution in [0.5, 0.6) is 0 Å². The van der Waals surface area contributed by atoms with E-state index in [-0.39, 0.29) is 67.7 Å². The van der Waals surface area contributed by atoms with E-state index in [2.05, 4.69) is 73.0 Å². The maximum Gasteiger partial charge on any atom is 0.262 e. The zero-order valence-electron chi connectivity index (χ0n) is 41.8. The first kappa shape index (κ1) is 47.1. The van der Waals surface area contributed by atoms with Crippen molar-refractivity contribution < 1.29 is 28.4 Å². The number of carbonyl (C=O) groups is 5. The number of pyridine rings is 2. The van der Waals surface area contributed by atoms with Crippen LogP contribution in [0.4, 0.5) is 21.7 Å². The number of imidazole rings is 1. The van der Waals surface area contributed by atoms with Crippen molar-refractivity contribution in [3.8, 4) is 11.3 Å². The number of carbonyl (C=O) groups excluding carboxylic acids is 5. The summed E-state index contributed by atoms with van der Waals surface area (Å²) in [6.07, 6.45) is 14.6. The lowest BCUT2D eigenvalue weighted by molar-refractivity contribution is -0.155. The second kappa shape index (κ2) is 18.5. The van der Waals surface area contributed by atoms with Crippen LogP contribution >= 0.6 is 0 Å². The Kier molecular flexibility index (Phi) is 12.1. The molecule has 16 nitrogen and oxygen atoms in total. The molecule has 0 radical (unpaired) electrons. The maximum absolute atomic E-state index is 17.2. The fourth-order valence-corrected chi connectivity index (χ4v) is 13.2. The van der Waals surface area contributed by atoms with E-state index in [1.807, 2.05) is 18.5 Å². The molecule has 0 bridgehead atoms. The van der Waals surface area contributed by atoms with Gasteiger partial charge in [-0.1, -0.05) is 24.6 Å². The Hall–Kier alpha value is -5.97. The summed E-state index contributed by atoms with van der Waals surface area (Å²) in [5.41, 5.74) is 3.28. The number of amides is 5. The number of alkyl halides is 1. The summed E-state index contributed by atoms with van der Waals surface area (Å²) in [7, 11) is 0. The number of hydrogen-bond acceptors (Lipinski definition) is 11. The van der Waals surface area contributed by atoms with Crippen LogP contribution in [0.1, 0.15) is 133 Å². The van der Waals surface area contributed by atoms with E-state index in [4.69, 9.17) is 9.97 Å². The van der Waals surface area contributed by atoms with E-state index >= 15 is 9.18 Å². The molecule has 2 aliphatic carbocycles. The van der Waals surface area contributed by atoms with Crippen molar-refractivity contribution in [3.05, 3.63) is 60.0 Å². The number of nitrogens with one attached hydrogen (secondary N) is 2. The van der Waals surface area contributed by atoms with E-state index in [9.17, 15) is 19.2 Å². The normalized spacial score (nSPS) is 27.1. The minimum atomic E-state index is -2.20. The van der Waals surface area contributed by atoms with Crippen molar-refractivity contribution in [2.45, 2.75) is 151 Å². The van der Waals surface area contributed by atoms with Gasteiger partial charge in [-0.2, -0.15) is 0 Å². The maximum atomic E-state index is 17.2. The summed E-state index contributed by atoms with van der Waals surface area (Å²) in [5.74, 6) is -0.237. The van der Waals surface area contributed by atoms with Gasteiger partial charge < -0.3 is 34.4 Å². The van der Waals surface area contributed by atoms with Gasteiger partial charge in [-0.25, -0.2) is 19.3 Å². The number of halogens is 1. The SMILES string of the molecule is CC(C)n1cnc2cc(-c3ccc4c(c3)N([C@H]3C[C@@H](N5CCCCC5)C3)C(=O)C43CCN(C(=O)C4(F)CCCN(C(=O)C5CCN(c6ccc(C7CCC(=O)NC7=O)cn6)CC5)C4)CC3)nc(NC3CC3)c21. The molecule has 3 aromatic heterocycles. The van der Waals surface area contributed by atoms with Crippen LogP contribution in [0.2, 0.25) is 0 Å². The molecule has 1 aromatic carbocycles. The van der Waals surface area contributed by atoms with Gasteiger partial charge in [0.25, 0.3) is 5.91 Å². The monoisotopic (exact) mass is 982 g/mol. The largest absolute Gasteiger partial charge is 0.366 e. The number of piperidine rings is 5. The number of likely N-dealkylation sites (tertiary alicyclic amines) is 3. The number of fused-ring (bicyclic) bond motifs is 3. The predicted octanol–water partition coefficient (Wildman–Crippen LogP) is 6.64. The molecule has 6 aliphatic heterocycles. The zero-order chi connectivity index (χ0) is 49.5. The van der Waals surface area contributed by atoms with E-state index in [0.29, 0.717) is 76.7 Å². The van der Waals surface area contributed by atoms with Gasteiger partial charge in [0.2, 0.25) is 29.3 Å². The van der Waals surface area contributed by atoms with E-state index in [1.54, 1.807) is 16.0 Å². The van der Waals surface area contributed by atoms with Gasteiger partial charge in [0.15, 0.2) is 5.82 Å². The molecular weight excluding hydrogens is 914 g/mol. The molecule has 2 atom stereocenters. The summed E-state index contributed by atoms with van der Waals surface area (Å²) in [6, 6.07) is 13.4. The fraction of sp³-hybridized carbons (Fsp3) is 0.600. The number of aromatic nitrogens is 4. The molecule has 8 aliphatic rings. The van der Waals surface area contributed by atoms with Crippen LogP contribution in [0.25, 0.3) is 22.3 Å². The number of imide groups is 1. The number of anilines is 3. The highest BCUT2D eigenvalue weighted by Gasteiger charge is 2.57. The van der Waals surface area contributed by atoms with Crippen LogP contribution in [0, 0.1) is 5.92 Å². The van der Waals surface area contributed by atoms with E-state index in [0.717, 1.165) is 89.5 Å². The third-order valence-electron chi connectivity index (χ3n) is 17.7. The first-order valence-corrected chi connectivity index (χ1v) is 27.0. The zero-order valence-corrected chi connectivity index (χ0v) is 41.8. The van der Waals surface area contributed by atoms with Crippen molar-refractivity contribution in [3.63, 3.8) is 0 Å². The standard InChI is InChI=1S/C55H68FN11O5/c1-34(2)66-33-58-44-30-43(60-49(48(44)66)59-38-9-10-38)36-7-12-42-45(27-36)67(40-28-39(29-40)62-20-4-3-5-21-62)52(71)54(42)18-25-64(26-19-54)53(72)55(56)17-6-22-65(32-55)51(70)35-15-23-63(24-16-35)46-13-8-37(31-57-46)41-11-14-47(68)61-50(41)69/h7-8,12-13,27,30-31,33-35,38-41H,3-6,9-11,14-26,28-29,32H2,1-2H3,(H,59,60)(H,61,68,69)/t39-,40+,41?,55?. The third kappa shape index (κ3) is 8.40. The number of rotatable bonds is 10. The van der Waals surface area contributed by atoms with Crippen molar-refractivity contribution in [1.29, 1.82) is 0 Å². The highest BCUT2D eigenvalue weighted by molar-refractivity contribution is 6.10. The predicted molar refractivity (Wildman–Crippen MR) is 271 cm³/mol. The summed E-state index contributed by atoms with van der Waals surface area (Å²) >= 11 is 0. The molecule has 380 valence electrons. The molecular formula is C55H68FN11O5. The van der Waals surface area contributed by atoms with Crippen LogP contribution in [0.3, 0.4) is 0 Å². The van der Waals surface area contributed by atoms with Crippen LogP contribution in [0.15, 0.2) is 48.9 Å². The molecule has 9 heterocycles. The van der Waals surface area contributed by atoms with Crippen molar-refractivity contribution in [2.75, 3.05) is 67.5 Å². The van der Waals surface area contributed by atoms with Gasteiger partial charge in [-0.05, 0) is 140 Å². The summed E-state index contributed by atoms with van der Waals surface area (Å²) < 4.78 is 19.4. The Bertz CT molecular complexity index is 2780. The van der Waals surface area contributed by atoms with Crippen LogP contribution in [-0.4, -0.2) is 140 Å². The minimum Gasteiger partial charge on any atom is -0.366 e. The molecule has 5 saturated heterocycles. The topological polar surface area (TPSA) is 169 Å². The Morgan fingerprint density at radius 2 is 1.60 bits per heavy atom. The lowest BCUT2D eigenvalue weighted by Gasteiger charge is -2.48. The minimum absolute atomic E-state index is 0.0593. The molecule has 2 N–H and O–H groups in total. The number of benzene rings is 1. The van der Waals surface area contributed by atoms with Gasteiger partial charge in [0, 0.05) is 86.7 Å². The fourth-order valence-electron chi connectivity index (χ4n) is 13.2. The Labute approximate surface area is 420 Å². The molecule has 1 spiro atoms. The van der Waals surface area contributed by atoms with E-state index < -0.39 is 22.9 Å². The van der Waals surface area contributed by atoms with Crippen molar-refractivity contribution in [1.82, 2.24) is 39.5 Å². The molecule has 12 rings (SSSR count). The molecule has 2 saturated carbocycles. The summed E-state index contributed by atoms with van der Waals surface area (Å²) in [6.45, 7) is 8.40. The molecule has 2 unspecified atom stereocenters. The smallest absolute Gasteiger partial charge is 0.262 e. The highest BCUT2D eigenvalue weighted by atomic mass is 19.1. The van der Waals surface area contributed by atoms with Gasteiger partial charge in [-0.15, -0.1) is 0 Å². The van der Waals surface area contributed by atoms with Crippen molar-refractivity contribution >= 4 is 57.9 Å². The quantitative estimate of drug-likeness (QED) is 0.164. The van der Waals surface area contributed by atoms with Crippen molar-refractivity contribution in [2.24, 2.45) is 5.92 Å². The van der Waals surface area contributed by atoms with Gasteiger partial charge in [0.05, 0.1) is 35.4 Å². The Morgan fingerprint density at radius 3 is 2.31 bits per heavy atom. The van der Waals surface area contributed by atoms with E-state index in [1.165, 1.54) is 19.3 Å². The molecule has 17 heteroatoms. The second-order valence-electron chi connectivity index (χ2n) is 22.6. The summed E-state index contributed by atoms with van der Waals surface area (Å²) in [4.78, 5) is 92.5. The lowest BCUT2D eigenvalue weighted by Crippen LogP contribution is -2.61. The first-order valence-electron chi connectivity index (χ1n) is 27.0. The molecule has 5 amide bonds. The molecule has 72 heavy (non-hydrogen) atoms. The third-order valence-corrected chi connectivity index (χ3v) is 17.7. The average molecular weight is 982 g/mol. The first-order chi connectivity index (χ1) is 34.9. The average Bonchev–Trinajstić information content (AvgIpc) is 4.05. The second-order valence-corrected chi connectivity index (χ2v) is 22.6. The highest BCUT2D eigenvalue weighted by Crippen LogP contribution is 2.53. The Morgan fingerprint density at radius 1 is 0.819 bits per heavy atom. The van der Waals surface area contributed by atoms with Gasteiger partial charge in [-0.3, -0.25) is 29.3 Å². The van der Waals surface area contributed by atoms with Gasteiger partial charge >= 0.3 is 0 Å².